The molecule has 3 aromatic heterocycles. The quantitative estimate of drug-likeness (QED) is 0.296. The molecule has 0 amide bonds. The van der Waals surface area contributed by atoms with E-state index in [1.54, 1.807) is 0 Å². The predicted molar refractivity (Wildman–Crippen MR) is 140 cm³/mol. The normalized spacial score (nSPS) is 11.4. The Bertz CT molecular complexity index is 1780. The summed E-state index contributed by atoms with van der Waals surface area (Å²) in [6, 6.07) is 34.8. The number of nitrogens with zero attached hydrogens (tertiary/aromatic N) is 5. The van der Waals surface area contributed by atoms with E-state index in [-0.39, 0.29) is 0 Å². The van der Waals surface area contributed by atoms with E-state index in [2.05, 4.69) is 52.0 Å². The Morgan fingerprint density at radius 1 is 0.514 bits per heavy atom. The standard InChI is InChI=1S/C30H19N5/c1-3-9-20(10-4-1)28-32-29(21-11-5-2-6-12-21)34-30(33-28)35-25-14-8-7-13-24(25)27-23-17-18-31-19-22(23)15-16-26(27)35/h1-19H. The highest BCUT2D eigenvalue weighted by Crippen LogP contribution is 2.36. The lowest BCUT2D eigenvalue weighted by Crippen LogP contribution is -2.06. The fraction of sp³-hybridized carbons (Fsp3) is 0. The zero-order valence-corrected chi connectivity index (χ0v) is 18.7. The molecule has 0 atom stereocenters. The Kier molecular flexibility index (Phi) is 4.39. The van der Waals surface area contributed by atoms with Crippen molar-refractivity contribution in [2.24, 2.45) is 0 Å². The molecular formula is C30H19N5. The second-order valence-electron chi connectivity index (χ2n) is 8.42. The zero-order chi connectivity index (χ0) is 23.2. The van der Waals surface area contributed by atoms with Gasteiger partial charge >= 0.3 is 0 Å². The zero-order valence-electron chi connectivity index (χ0n) is 18.7. The minimum Gasteiger partial charge on any atom is -0.278 e. The van der Waals surface area contributed by atoms with E-state index in [9.17, 15) is 0 Å². The largest absolute Gasteiger partial charge is 0.278 e. The highest BCUT2D eigenvalue weighted by Gasteiger charge is 2.18. The van der Waals surface area contributed by atoms with E-state index in [1.807, 2.05) is 73.1 Å². The van der Waals surface area contributed by atoms with Crippen LogP contribution in [0.3, 0.4) is 0 Å². The lowest BCUT2D eigenvalue weighted by Gasteiger charge is -2.11. The molecule has 0 saturated heterocycles. The van der Waals surface area contributed by atoms with E-state index in [1.165, 1.54) is 5.39 Å². The lowest BCUT2D eigenvalue weighted by atomic mass is 10.1. The van der Waals surface area contributed by atoms with Crippen LogP contribution in [-0.2, 0) is 0 Å². The SMILES string of the molecule is c1ccc(-c2nc(-c3ccccc3)nc(-n3c4ccccc4c4c5ccncc5ccc43)n2)cc1. The third-order valence-corrected chi connectivity index (χ3v) is 6.34. The third-order valence-electron chi connectivity index (χ3n) is 6.34. The molecule has 7 aromatic rings. The van der Waals surface area contributed by atoms with Crippen molar-refractivity contribution in [3.63, 3.8) is 0 Å². The summed E-state index contributed by atoms with van der Waals surface area (Å²) in [7, 11) is 0. The van der Waals surface area contributed by atoms with Crippen LogP contribution in [0.1, 0.15) is 0 Å². The van der Waals surface area contributed by atoms with Gasteiger partial charge in [0, 0.05) is 39.7 Å². The van der Waals surface area contributed by atoms with Gasteiger partial charge in [0.25, 0.3) is 0 Å². The number of benzene rings is 4. The van der Waals surface area contributed by atoms with Gasteiger partial charge in [0.1, 0.15) is 0 Å². The van der Waals surface area contributed by atoms with Gasteiger partial charge in [0.05, 0.1) is 11.0 Å². The molecule has 4 aromatic carbocycles. The van der Waals surface area contributed by atoms with E-state index < -0.39 is 0 Å². The van der Waals surface area contributed by atoms with Crippen LogP contribution in [0, 0.1) is 0 Å². The minimum atomic E-state index is 0.595. The monoisotopic (exact) mass is 449 g/mol. The molecule has 0 N–H and O–H groups in total. The van der Waals surface area contributed by atoms with Crippen LogP contribution in [-0.4, -0.2) is 24.5 Å². The van der Waals surface area contributed by atoms with Gasteiger partial charge in [-0.2, -0.15) is 9.97 Å². The van der Waals surface area contributed by atoms with Crippen molar-refractivity contribution in [2.75, 3.05) is 0 Å². The highest BCUT2D eigenvalue weighted by atomic mass is 15.2. The Balaban J connectivity index is 1.60. The molecule has 7 rings (SSSR count). The molecular weight excluding hydrogens is 430 g/mol. The summed E-state index contributed by atoms with van der Waals surface area (Å²) in [6.45, 7) is 0. The van der Waals surface area contributed by atoms with Crippen molar-refractivity contribution in [3.05, 3.63) is 116 Å². The molecule has 0 spiro atoms. The van der Waals surface area contributed by atoms with Gasteiger partial charge in [-0.15, -0.1) is 0 Å². The molecule has 5 heteroatoms. The van der Waals surface area contributed by atoms with Gasteiger partial charge in [-0.1, -0.05) is 84.9 Å². The molecule has 0 unspecified atom stereocenters. The Morgan fingerprint density at radius 2 is 1.17 bits per heavy atom. The first kappa shape index (κ1) is 19.6. The molecule has 0 radical (unpaired) electrons. The fourth-order valence-corrected chi connectivity index (χ4v) is 4.75. The molecule has 0 fully saturated rings. The fourth-order valence-electron chi connectivity index (χ4n) is 4.75. The topological polar surface area (TPSA) is 56.5 Å². The molecule has 5 nitrogen and oxygen atoms in total. The molecule has 164 valence electrons. The summed E-state index contributed by atoms with van der Waals surface area (Å²) in [4.78, 5) is 19.1. The first-order chi connectivity index (χ1) is 17.4. The Hall–Kier alpha value is -4.90. The maximum absolute atomic E-state index is 4.98. The Morgan fingerprint density at radius 3 is 1.89 bits per heavy atom. The lowest BCUT2D eigenvalue weighted by molar-refractivity contribution is 0.953. The summed E-state index contributed by atoms with van der Waals surface area (Å²) in [5, 5.41) is 4.59. The first-order valence-corrected chi connectivity index (χ1v) is 11.5. The van der Waals surface area contributed by atoms with Crippen LogP contribution in [0.25, 0.3) is 61.3 Å². The number of para-hydroxylation sites is 1. The maximum atomic E-state index is 4.98. The van der Waals surface area contributed by atoms with E-state index in [0.717, 1.165) is 38.3 Å². The number of fused-ring (bicyclic) bond motifs is 5. The van der Waals surface area contributed by atoms with Crippen LogP contribution >= 0.6 is 0 Å². The van der Waals surface area contributed by atoms with Gasteiger partial charge < -0.3 is 0 Å². The van der Waals surface area contributed by atoms with Crippen LogP contribution < -0.4 is 0 Å². The predicted octanol–water partition coefficient (Wildman–Crippen LogP) is 6.85. The van der Waals surface area contributed by atoms with Crippen molar-refractivity contribution in [3.8, 4) is 28.7 Å². The summed E-state index contributed by atoms with van der Waals surface area (Å²) in [5.74, 6) is 1.88. The van der Waals surface area contributed by atoms with Gasteiger partial charge in [-0.25, -0.2) is 4.98 Å². The molecule has 0 aliphatic rings. The van der Waals surface area contributed by atoms with Gasteiger partial charge in [-0.3, -0.25) is 9.55 Å². The second kappa shape index (κ2) is 7.85. The average Bonchev–Trinajstić information content (AvgIpc) is 3.29. The van der Waals surface area contributed by atoms with Crippen molar-refractivity contribution < 1.29 is 0 Å². The van der Waals surface area contributed by atoms with Crippen molar-refractivity contribution in [2.45, 2.75) is 0 Å². The number of hydrogen-bond donors (Lipinski definition) is 0. The number of pyridine rings is 1. The molecule has 35 heavy (non-hydrogen) atoms. The summed E-state index contributed by atoms with van der Waals surface area (Å²) >= 11 is 0. The van der Waals surface area contributed by atoms with Crippen molar-refractivity contribution >= 4 is 32.6 Å². The molecule has 3 heterocycles. The van der Waals surface area contributed by atoms with E-state index in [4.69, 9.17) is 15.0 Å². The number of rotatable bonds is 3. The number of hydrogen-bond acceptors (Lipinski definition) is 4. The van der Waals surface area contributed by atoms with Crippen molar-refractivity contribution in [1.29, 1.82) is 0 Å². The second-order valence-corrected chi connectivity index (χ2v) is 8.42. The van der Waals surface area contributed by atoms with Gasteiger partial charge in [0.15, 0.2) is 11.6 Å². The Labute approximate surface area is 201 Å². The molecule has 0 aliphatic heterocycles. The summed E-state index contributed by atoms with van der Waals surface area (Å²) in [6.07, 6.45) is 3.75. The third kappa shape index (κ3) is 3.17. The molecule has 0 aliphatic carbocycles. The summed E-state index contributed by atoms with van der Waals surface area (Å²) < 4.78 is 2.14. The van der Waals surface area contributed by atoms with Crippen molar-refractivity contribution in [1.82, 2.24) is 24.5 Å². The summed E-state index contributed by atoms with van der Waals surface area (Å²) in [5.41, 5.74) is 4.00. The smallest absolute Gasteiger partial charge is 0.238 e. The van der Waals surface area contributed by atoms with Gasteiger partial charge in [0.2, 0.25) is 5.95 Å². The van der Waals surface area contributed by atoms with Gasteiger partial charge in [-0.05, 0) is 23.6 Å². The molecule has 0 bridgehead atoms. The van der Waals surface area contributed by atoms with E-state index >= 15 is 0 Å². The maximum Gasteiger partial charge on any atom is 0.238 e. The molecule has 0 saturated carbocycles. The average molecular weight is 450 g/mol. The van der Waals surface area contributed by atoms with Crippen LogP contribution in [0.5, 0.6) is 0 Å². The van der Waals surface area contributed by atoms with Crippen LogP contribution in [0.15, 0.2) is 116 Å². The number of aromatic nitrogens is 5. The van der Waals surface area contributed by atoms with E-state index in [0.29, 0.717) is 17.6 Å². The minimum absolute atomic E-state index is 0.595. The van der Waals surface area contributed by atoms with Crippen LogP contribution in [0.4, 0.5) is 0 Å². The first-order valence-electron chi connectivity index (χ1n) is 11.5. The highest BCUT2D eigenvalue weighted by molar-refractivity contribution is 6.21. The van der Waals surface area contributed by atoms with Crippen LogP contribution in [0.2, 0.25) is 0 Å².